The molecule has 0 atom stereocenters. The van der Waals surface area contributed by atoms with Gasteiger partial charge in [-0.2, -0.15) is 0 Å². The maximum absolute atomic E-state index is 12.0. The van der Waals surface area contributed by atoms with E-state index >= 15 is 0 Å². The zero-order chi connectivity index (χ0) is 12.4. The van der Waals surface area contributed by atoms with E-state index in [1.165, 1.54) is 31.2 Å². The van der Waals surface area contributed by atoms with E-state index < -0.39 is 0 Å². The highest BCUT2D eigenvalue weighted by molar-refractivity contribution is 5.76. The molecule has 0 bridgehead atoms. The summed E-state index contributed by atoms with van der Waals surface area (Å²) < 4.78 is 0. The molecule has 96 valence electrons. The molecular weight excluding hydrogens is 222 g/mol. The van der Waals surface area contributed by atoms with Crippen LogP contribution in [0, 0.1) is 11.8 Å². The summed E-state index contributed by atoms with van der Waals surface area (Å²) in [6, 6.07) is 10.8. The van der Waals surface area contributed by atoms with E-state index in [0.29, 0.717) is 12.5 Å². The van der Waals surface area contributed by atoms with Gasteiger partial charge in [0, 0.05) is 12.5 Å². The Morgan fingerprint density at radius 2 is 1.72 bits per heavy atom. The summed E-state index contributed by atoms with van der Waals surface area (Å²) in [5.74, 6) is 1.82. The number of rotatable bonds is 6. The van der Waals surface area contributed by atoms with Crippen molar-refractivity contribution in [2.45, 2.75) is 44.6 Å². The summed E-state index contributed by atoms with van der Waals surface area (Å²) in [5.41, 5.74) is 1.25. The van der Waals surface area contributed by atoms with Crippen molar-refractivity contribution in [3.8, 4) is 0 Å². The van der Waals surface area contributed by atoms with Gasteiger partial charge in [0.2, 0.25) is 5.91 Å². The minimum Gasteiger partial charge on any atom is -0.353 e. The van der Waals surface area contributed by atoms with Crippen molar-refractivity contribution in [1.29, 1.82) is 0 Å². The number of aryl methyl sites for hydroxylation is 1. The van der Waals surface area contributed by atoms with E-state index in [1.54, 1.807) is 0 Å². The fraction of sp³-hybridized carbons (Fsp3) is 0.562. The van der Waals surface area contributed by atoms with Gasteiger partial charge in [-0.3, -0.25) is 4.79 Å². The third-order valence-electron chi connectivity index (χ3n) is 4.07. The van der Waals surface area contributed by atoms with Gasteiger partial charge in [0.05, 0.1) is 0 Å². The van der Waals surface area contributed by atoms with Crippen molar-refractivity contribution in [3.63, 3.8) is 0 Å². The first kappa shape index (κ1) is 11.8. The van der Waals surface area contributed by atoms with E-state index in [2.05, 4.69) is 17.4 Å². The highest BCUT2D eigenvalue weighted by Gasteiger charge is 2.41. The van der Waals surface area contributed by atoms with Crippen molar-refractivity contribution < 1.29 is 4.79 Å². The van der Waals surface area contributed by atoms with Gasteiger partial charge in [-0.15, -0.1) is 0 Å². The zero-order valence-corrected chi connectivity index (χ0v) is 10.8. The molecule has 0 aliphatic heterocycles. The van der Waals surface area contributed by atoms with Crippen LogP contribution in [-0.4, -0.2) is 11.9 Å². The van der Waals surface area contributed by atoms with Gasteiger partial charge in [0.15, 0.2) is 0 Å². The van der Waals surface area contributed by atoms with Crippen molar-refractivity contribution in [2.24, 2.45) is 11.8 Å². The second-order valence-electron chi connectivity index (χ2n) is 5.75. The first-order chi connectivity index (χ1) is 8.83. The van der Waals surface area contributed by atoms with Crippen LogP contribution in [0.1, 0.15) is 37.7 Å². The number of carbonyl (C=O) groups excluding carboxylic acids is 1. The lowest BCUT2D eigenvalue weighted by Gasteiger charge is -2.17. The Kier molecular flexibility index (Phi) is 3.35. The number of hydrogen-bond donors (Lipinski definition) is 1. The third kappa shape index (κ3) is 3.12. The molecule has 0 radical (unpaired) electrons. The topological polar surface area (TPSA) is 29.1 Å². The van der Waals surface area contributed by atoms with Gasteiger partial charge in [-0.1, -0.05) is 30.3 Å². The predicted molar refractivity (Wildman–Crippen MR) is 72.1 cm³/mol. The molecule has 1 aromatic carbocycles. The maximum Gasteiger partial charge on any atom is 0.220 e. The summed E-state index contributed by atoms with van der Waals surface area (Å²) in [6.07, 6.45) is 6.76. The van der Waals surface area contributed by atoms with E-state index in [0.717, 1.165) is 18.3 Å². The number of benzene rings is 1. The van der Waals surface area contributed by atoms with E-state index in [1.807, 2.05) is 18.2 Å². The fourth-order valence-electron chi connectivity index (χ4n) is 2.69. The molecule has 2 saturated carbocycles. The molecule has 2 aliphatic rings. The highest BCUT2D eigenvalue weighted by Crippen LogP contribution is 2.44. The zero-order valence-electron chi connectivity index (χ0n) is 10.8. The second kappa shape index (κ2) is 5.13. The van der Waals surface area contributed by atoms with Crippen LogP contribution >= 0.6 is 0 Å². The smallest absolute Gasteiger partial charge is 0.220 e. The van der Waals surface area contributed by atoms with Crippen LogP contribution in [0.5, 0.6) is 0 Å². The summed E-state index contributed by atoms with van der Waals surface area (Å²) in [4.78, 5) is 12.0. The number of nitrogens with one attached hydrogen (secondary N) is 1. The molecule has 2 aliphatic carbocycles. The molecule has 0 unspecified atom stereocenters. The minimum absolute atomic E-state index is 0.239. The summed E-state index contributed by atoms with van der Waals surface area (Å²) in [5, 5.41) is 3.27. The summed E-state index contributed by atoms with van der Waals surface area (Å²) >= 11 is 0. The molecule has 0 aromatic heterocycles. The molecule has 2 fully saturated rings. The highest BCUT2D eigenvalue weighted by atomic mass is 16.1. The Morgan fingerprint density at radius 3 is 2.28 bits per heavy atom. The van der Waals surface area contributed by atoms with Crippen LogP contribution in [0.15, 0.2) is 30.3 Å². The fourth-order valence-corrected chi connectivity index (χ4v) is 2.69. The van der Waals surface area contributed by atoms with Gasteiger partial charge < -0.3 is 5.32 Å². The Labute approximate surface area is 109 Å². The second-order valence-corrected chi connectivity index (χ2v) is 5.75. The van der Waals surface area contributed by atoms with Crippen molar-refractivity contribution >= 4 is 5.91 Å². The van der Waals surface area contributed by atoms with Crippen LogP contribution in [0.2, 0.25) is 0 Å². The Morgan fingerprint density at radius 1 is 1.11 bits per heavy atom. The van der Waals surface area contributed by atoms with E-state index in [-0.39, 0.29) is 5.91 Å². The monoisotopic (exact) mass is 243 g/mol. The molecule has 0 heterocycles. The van der Waals surface area contributed by atoms with Gasteiger partial charge >= 0.3 is 0 Å². The number of hydrogen-bond acceptors (Lipinski definition) is 1. The first-order valence-corrected chi connectivity index (χ1v) is 7.16. The van der Waals surface area contributed by atoms with Crippen molar-refractivity contribution in [2.75, 3.05) is 0 Å². The lowest BCUT2D eigenvalue weighted by atomic mass is 10.1. The van der Waals surface area contributed by atoms with Crippen molar-refractivity contribution in [3.05, 3.63) is 35.9 Å². The van der Waals surface area contributed by atoms with Crippen LogP contribution in [0.25, 0.3) is 0 Å². The average molecular weight is 243 g/mol. The molecule has 2 nitrogen and oxygen atoms in total. The maximum atomic E-state index is 12.0. The minimum atomic E-state index is 0.239. The Hall–Kier alpha value is -1.31. The molecule has 1 N–H and O–H groups in total. The van der Waals surface area contributed by atoms with Crippen LogP contribution in [-0.2, 0) is 11.2 Å². The molecule has 2 heteroatoms. The lowest BCUT2D eigenvalue weighted by Crippen LogP contribution is -2.38. The van der Waals surface area contributed by atoms with Crippen LogP contribution in [0.3, 0.4) is 0 Å². The third-order valence-corrected chi connectivity index (χ3v) is 4.07. The molecule has 1 aromatic rings. The SMILES string of the molecule is O=C(CCc1ccccc1)NC(C1CC1)C1CC1. The first-order valence-electron chi connectivity index (χ1n) is 7.16. The normalized spacial score (nSPS) is 18.9. The molecule has 0 saturated heterocycles. The lowest BCUT2D eigenvalue weighted by molar-refractivity contribution is -0.122. The molecule has 0 spiro atoms. The average Bonchev–Trinajstić information content (AvgIpc) is 3.28. The van der Waals surface area contributed by atoms with Gasteiger partial charge in [-0.25, -0.2) is 0 Å². The van der Waals surface area contributed by atoms with E-state index in [9.17, 15) is 4.79 Å². The van der Waals surface area contributed by atoms with Crippen LogP contribution < -0.4 is 5.32 Å². The summed E-state index contributed by atoms with van der Waals surface area (Å²) in [6.45, 7) is 0. The van der Waals surface area contributed by atoms with Gasteiger partial charge in [-0.05, 0) is 49.5 Å². The molecule has 1 amide bonds. The molecular formula is C16H21NO. The van der Waals surface area contributed by atoms with Gasteiger partial charge in [0.1, 0.15) is 0 Å². The molecule has 18 heavy (non-hydrogen) atoms. The Balaban J connectivity index is 1.46. The largest absolute Gasteiger partial charge is 0.353 e. The standard InChI is InChI=1S/C16H21NO/c18-15(11-6-12-4-2-1-3-5-12)17-16(13-7-8-13)14-9-10-14/h1-5,13-14,16H,6-11H2,(H,17,18). The number of amides is 1. The molecule has 3 rings (SSSR count). The number of carbonyl (C=O) groups is 1. The van der Waals surface area contributed by atoms with Gasteiger partial charge in [0.25, 0.3) is 0 Å². The van der Waals surface area contributed by atoms with Crippen molar-refractivity contribution in [1.82, 2.24) is 5.32 Å². The summed E-state index contributed by atoms with van der Waals surface area (Å²) in [7, 11) is 0. The van der Waals surface area contributed by atoms with E-state index in [4.69, 9.17) is 0 Å². The Bertz CT molecular complexity index is 394. The predicted octanol–water partition coefficient (Wildman–Crippen LogP) is 2.92. The quantitative estimate of drug-likeness (QED) is 0.817. The van der Waals surface area contributed by atoms with Crippen LogP contribution in [0.4, 0.5) is 0 Å².